The van der Waals surface area contributed by atoms with E-state index < -0.39 is 0 Å². The number of phenolic OH excluding ortho intramolecular Hbond substituents is 1. The lowest BCUT2D eigenvalue weighted by molar-refractivity contribution is 0.474. The van der Waals surface area contributed by atoms with Gasteiger partial charge in [-0.25, -0.2) is 0 Å². The first kappa shape index (κ1) is 8.13. The molecule has 13 heavy (non-hydrogen) atoms. The van der Waals surface area contributed by atoms with Crippen LogP contribution in [-0.4, -0.2) is 10.8 Å². The van der Waals surface area contributed by atoms with Crippen LogP contribution in [0.4, 0.5) is 0 Å². The Labute approximate surface area is 80.3 Å². The van der Waals surface area contributed by atoms with Crippen LogP contribution in [0.2, 0.25) is 5.02 Å². The molecule has 0 atom stereocenters. The summed E-state index contributed by atoms with van der Waals surface area (Å²) in [5.41, 5.74) is 4.89. The molecule has 1 N–H and O–H groups in total. The standard InChI is InChI=1S/C9H6ClN2O/c10-6-1-2-9(13)7(5-6)8-3-4-11-12-8/h1-5,13H. The van der Waals surface area contributed by atoms with Gasteiger partial charge in [-0.05, 0) is 24.3 Å². The van der Waals surface area contributed by atoms with Crippen LogP contribution in [0.1, 0.15) is 5.56 Å². The third-order valence-corrected chi connectivity index (χ3v) is 1.93. The lowest BCUT2D eigenvalue weighted by Gasteiger charge is -2.01. The molecule has 2 rings (SSSR count). The van der Waals surface area contributed by atoms with Gasteiger partial charge in [0.2, 0.25) is 0 Å². The summed E-state index contributed by atoms with van der Waals surface area (Å²) in [4.78, 5) is 0. The number of benzene rings is 1. The fourth-order valence-corrected chi connectivity index (χ4v) is 1.26. The number of rotatable bonds is 1. The Kier molecular flexibility index (Phi) is 1.94. The van der Waals surface area contributed by atoms with Crippen molar-refractivity contribution < 1.29 is 5.11 Å². The normalized spacial score (nSPS) is 14.1. The first-order valence-electron chi connectivity index (χ1n) is 3.70. The second-order valence-electron chi connectivity index (χ2n) is 2.58. The van der Waals surface area contributed by atoms with Gasteiger partial charge in [0.15, 0.2) is 0 Å². The van der Waals surface area contributed by atoms with Crippen LogP contribution in [0.5, 0.6) is 5.75 Å². The van der Waals surface area contributed by atoms with Crippen LogP contribution in [0.3, 0.4) is 0 Å². The summed E-state index contributed by atoms with van der Waals surface area (Å²) >= 11 is 5.77. The largest absolute Gasteiger partial charge is 0.507 e. The van der Waals surface area contributed by atoms with E-state index in [4.69, 9.17) is 11.6 Å². The number of allylic oxidation sites excluding steroid dienone is 1. The van der Waals surface area contributed by atoms with E-state index in [1.165, 1.54) is 6.07 Å². The summed E-state index contributed by atoms with van der Waals surface area (Å²) in [5.74, 6) is 0.157. The molecular weight excluding hydrogens is 188 g/mol. The molecule has 1 aliphatic rings. The summed E-state index contributed by atoms with van der Waals surface area (Å²) in [6.07, 6.45) is 3.28. The summed E-state index contributed by atoms with van der Waals surface area (Å²) in [6.45, 7) is 0. The molecule has 0 saturated heterocycles. The predicted octanol–water partition coefficient (Wildman–Crippen LogP) is 1.88. The van der Waals surface area contributed by atoms with Crippen LogP contribution in [-0.2, 0) is 0 Å². The van der Waals surface area contributed by atoms with Crippen LogP contribution in [0.15, 0.2) is 35.6 Å². The molecule has 65 valence electrons. The topological polar surface area (TPSA) is 46.7 Å². The van der Waals surface area contributed by atoms with E-state index in [-0.39, 0.29) is 5.75 Å². The minimum absolute atomic E-state index is 0.157. The number of nitrogens with zero attached hydrogens (tertiary/aromatic N) is 2. The molecule has 0 saturated carbocycles. The van der Waals surface area contributed by atoms with Gasteiger partial charge >= 0.3 is 0 Å². The molecule has 0 aliphatic carbocycles. The third kappa shape index (κ3) is 1.51. The van der Waals surface area contributed by atoms with E-state index in [0.717, 1.165) is 0 Å². The van der Waals surface area contributed by atoms with Crippen molar-refractivity contribution in [1.29, 1.82) is 0 Å². The number of halogens is 1. The highest BCUT2D eigenvalue weighted by atomic mass is 35.5. The lowest BCUT2D eigenvalue weighted by Crippen LogP contribution is -1.94. The summed E-state index contributed by atoms with van der Waals surface area (Å²) < 4.78 is 0. The summed E-state index contributed by atoms with van der Waals surface area (Å²) in [7, 11) is 0. The SMILES string of the molecule is Oc1ccc(Cl)cc1C1=N[N]C=C1. The molecule has 0 amide bonds. The highest BCUT2D eigenvalue weighted by Gasteiger charge is 2.09. The van der Waals surface area contributed by atoms with Gasteiger partial charge in [0.05, 0.1) is 11.9 Å². The van der Waals surface area contributed by atoms with Crippen LogP contribution >= 0.6 is 11.6 Å². The molecule has 4 heteroatoms. The zero-order chi connectivity index (χ0) is 9.26. The molecule has 0 aromatic heterocycles. The summed E-state index contributed by atoms with van der Waals surface area (Å²) in [5, 5.41) is 13.9. The van der Waals surface area contributed by atoms with Crippen LogP contribution in [0.25, 0.3) is 0 Å². The molecular formula is C9H6ClN2O. The molecule has 0 fully saturated rings. The number of hydrogen-bond acceptors (Lipinski definition) is 2. The second-order valence-corrected chi connectivity index (χ2v) is 3.01. The first-order valence-corrected chi connectivity index (χ1v) is 4.08. The van der Waals surface area contributed by atoms with E-state index in [9.17, 15) is 5.11 Å². The molecule has 1 radical (unpaired) electrons. The Hall–Kier alpha value is -1.48. The number of aromatic hydroxyl groups is 1. The first-order chi connectivity index (χ1) is 6.27. The molecule has 0 unspecified atom stereocenters. The minimum atomic E-state index is 0.157. The van der Waals surface area contributed by atoms with Crippen molar-refractivity contribution >= 4 is 17.3 Å². The number of phenols is 1. The molecule has 0 spiro atoms. The van der Waals surface area contributed by atoms with Gasteiger partial charge in [0.1, 0.15) is 5.75 Å². The maximum atomic E-state index is 9.48. The highest BCUT2D eigenvalue weighted by Crippen LogP contribution is 2.23. The van der Waals surface area contributed by atoms with E-state index in [2.05, 4.69) is 10.5 Å². The average Bonchev–Trinajstić information content (AvgIpc) is 2.61. The molecule has 3 nitrogen and oxygen atoms in total. The van der Waals surface area contributed by atoms with E-state index in [1.54, 1.807) is 24.4 Å². The van der Waals surface area contributed by atoms with E-state index >= 15 is 0 Å². The van der Waals surface area contributed by atoms with E-state index in [0.29, 0.717) is 16.3 Å². The van der Waals surface area contributed by atoms with E-state index in [1.807, 2.05) is 0 Å². The zero-order valence-electron chi connectivity index (χ0n) is 6.61. The number of hydrogen-bond donors (Lipinski definition) is 1. The minimum Gasteiger partial charge on any atom is -0.507 e. The van der Waals surface area contributed by atoms with Gasteiger partial charge in [0, 0.05) is 10.6 Å². The molecule has 0 bridgehead atoms. The lowest BCUT2D eigenvalue weighted by atomic mass is 10.1. The second kappa shape index (κ2) is 3.11. The Bertz CT molecular complexity index is 399. The van der Waals surface area contributed by atoms with Gasteiger partial charge < -0.3 is 5.11 Å². The van der Waals surface area contributed by atoms with Crippen LogP contribution < -0.4 is 5.43 Å². The molecule has 1 aromatic rings. The van der Waals surface area contributed by atoms with Crippen molar-refractivity contribution in [2.45, 2.75) is 0 Å². The van der Waals surface area contributed by atoms with Gasteiger partial charge in [-0.1, -0.05) is 11.6 Å². The fraction of sp³-hybridized carbons (Fsp3) is 0. The maximum Gasteiger partial charge on any atom is 0.125 e. The van der Waals surface area contributed by atoms with Gasteiger partial charge in [-0.15, -0.1) is 0 Å². The Morgan fingerprint density at radius 1 is 1.31 bits per heavy atom. The fourth-order valence-electron chi connectivity index (χ4n) is 1.09. The molecule has 1 aromatic carbocycles. The van der Waals surface area contributed by atoms with Gasteiger partial charge in [0.25, 0.3) is 0 Å². The highest BCUT2D eigenvalue weighted by molar-refractivity contribution is 6.31. The average molecular weight is 194 g/mol. The maximum absolute atomic E-state index is 9.48. The van der Waals surface area contributed by atoms with Crippen molar-refractivity contribution in [3.05, 3.63) is 41.1 Å². The smallest absolute Gasteiger partial charge is 0.125 e. The van der Waals surface area contributed by atoms with Crippen molar-refractivity contribution in [1.82, 2.24) is 5.43 Å². The zero-order valence-corrected chi connectivity index (χ0v) is 7.36. The Morgan fingerprint density at radius 3 is 2.85 bits per heavy atom. The van der Waals surface area contributed by atoms with Crippen LogP contribution in [0, 0.1) is 0 Å². The van der Waals surface area contributed by atoms with Crippen molar-refractivity contribution in [2.24, 2.45) is 5.10 Å². The monoisotopic (exact) mass is 193 g/mol. The van der Waals surface area contributed by atoms with Gasteiger partial charge in [-0.2, -0.15) is 10.5 Å². The third-order valence-electron chi connectivity index (χ3n) is 1.70. The van der Waals surface area contributed by atoms with Crippen molar-refractivity contribution in [3.63, 3.8) is 0 Å². The quantitative estimate of drug-likeness (QED) is 0.728. The Balaban J connectivity index is 2.50. The predicted molar refractivity (Wildman–Crippen MR) is 50.9 cm³/mol. The molecule has 1 heterocycles. The molecule has 1 aliphatic heterocycles. The van der Waals surface area contributed by atoms with Gasteiger partial charge in [-0.3, -0.25) is 0 Å². The Morgan fingerprint density at radius 2 is 2.15 bits per heavy atom. The van der Waals surface area contributed by atoms with Crippen molar-refractivity contribution in [2.75, 3.05) is 0 Å². The van der Waals surface area contributed by atoms with Crippen molar-refractivity contribution in [3.8, 4) is 5.75 Å². The summed E-state index contributed by atoms with van der Waals surface area (Å²) in [6, 6.07) is 4.81.